The van der Waals surface area contributed by atoms with Crippen LogP contribution in [-0.4, -0.2) is 59.2 Å². The third kappa shape index (κ3) is 4.32. The number of carbonyl (C=O) groups is 2. The zero-order valence-corrected chi connectivity index (χ0v) is 16.6. The number of hydrogen-bond acceptors (Lipinski definition) is 3. The standard InChI is InChI=1S/C23H26FN3O2/c1-25-21-10-11-26(13-18-8-5-9-19(24)12-18)15-20(21)23(29)27(16-22(25)28)14-17-6-3-2-4-7-17/h2-9,12,20-21H,10-11,13-16H2,1H3/t20-,21+/m0/s1. The fourth-order valence-electron chi connectivity index (χ4n) is 4.46. The number of rotatable bonds is 4. The number of hydrogen-bond donors (Lipinski definition) is 0. The van der Waals surface area contributed by atoms with Gasteiger partial charge in [-0.05, 0) is 29.7 Å². The Balaban J connectivity index is 1.52. The van der Waals surface area contributed by atoms with Crippen molar-refractivity contribution in [1.82, 2.24) is 14.7 Å². The highest BCUT2D eigenvalue weighted by molar-refractivity contribution is 5.89. The second kappa shape index (κ2) is 8.33. The summed E-state index contributed by atoms with van der Waals surface area (Å²) in [6.07, 6.45) is 0.743. The molecule has 0 radical (unpaired) electrons. The fourth-order valence-corrected chi connectivity index (χ4v) is 4.46. The molecule has 0 bridgehead atoms. The maximum Gasteiger partial charge on any atom is 0.242 e. The van der Waals surface area contributed by atoms with Crippen LogP contribution in [-0.2, 0) is 22.7 Å². The van der Waals surface area contributed by atoms with Crippen LogP contribution in [0.15, 0.2) is 54.6 Å². The maximum absolute atomic E-state index is 13.5. The van der Waals surface area contributed by atoms with Crippen molar-refractivity contribution < 1.29 is 14.0 Å². The van der Waals surface area contributed by atoms with E-state index in [1.807, 2.05) is 43.4 Å². The largest absolute Gasteiger partial charge is 0.340 e. The van der Waals surface area contributed by atoms with Crippen LogP contribution in [0.25, 0.3) is 0 Å². The first-order valence-corrected chi connectivity index (χ1v) is 10.1. The van der Waals surface area contributed by atoms with Crippen LogP contribution in [0.3, 0.4) is 0 Å². The van der Waals surface area contributed by atoms with Crippen molar-refractivity contribution in [2.75, 3.05) is 26.7 Å². The van der Waals surface area contributed by atoms with E-state index in [-0.39, 0.29) is 36.1 Å². The Morgan fingerprint density at radius 3 is 2.52 bits per heavy atom. The quantitative estimate of drug-likeness (QED) is 0.799. The summed E-state index contributed by atoms with van der Waals surface area (Å²) in [7, 11) is 1.81. The number of amides is 2. The number of fused-ring (bicyclic) bond motifs is 1. The molecule has 2 aromatic carbocycles. The molecule has 2 fully saturated rings. The van der Waals surface area contributed by atoms with Crippen LogP contribution in [0.4, 0.5) is 4.39 Å². The Labute approximate surface area is 170 Å². The Bertz CT molecular complexity index is 889. The minimum Gasteiger partial charge on any atom is -0.340 e. The van der Waals surface area contributed by atoms with Gasteiger partial charge in [0.1, 0.15) is 12.4 Å². The maximum atomic E-state index is 13.5. The first-order chi connectivity index (χ1) is 14.0. The molecule has 0 saturated carbocycles. The molecular weight excluding hydrogens is 369 g/mol. The lowest BCUT2D eigenvalue weighted by Crippen LogP contribution is -2.53. The highest BCUT2D eigenvalue weighted by Gasteiger charge is 2.43. The third-order valence-electron chi connectivity index (χ3n) is 6.02. The van der Waals surface area contributed by atoms with E-state index in [0.717, 1.165) is 24.1 Å². The Morgan fingerprint density at radius 1 is 1.00 bits per heavy atom. The number of nitrogens with zero attached hydrogens (tertiary/aromatic N) is 3. The van der Waals surface area contributed by atoms with E-state index in [4.69, 9.17) is 0 Å². The average Bonchev–Trinajstić information content (AvgIpc) is 2.80. The van der Waals surface area contributed by atoms with Crippen LogP contribution in [0, 0.1) is 11.7 Å². The van der Waals surface area contributed by atoms with E-state index in [1.165, 1.54) is 6.07 Å². The second-order valence-corrected chi connectivity index (χ2v) is 8.01. The fraction of sp³-hybridized carbons (Fsp3) is 0.391. The van der Waals surface area contributed by atoms with Gasteiger partial charge < -0.3 is 9.80 Å². The number of halogens is 1. The van der Waals surface area contributed by atoms with Gasteiger partial charge in [-0.1, -0.05) is 42.5 Å². The third-order valence-corrected chi connectivity index (χ3v) is 6.02. The predicted molar refractivity (Wildman–Crippen MR) is 108 cm³/mol. The molecule has 4 rings (SSSR count). The molecule has 2 amide bonds. The predicted octanol–water partition coefficient (Wildman–Crippen LogP) is 2.52. The van der Waals surface area contributed by atoms with E-state index in [2.05, 4.69) is 4.90 Å². The molecule has 29 heavy (non-hydrogen) atoms. The molecule has 152 valence electrons. The van der Waals surface area contributed by atoms with Crippen LogP contribution >= 0.6 is 0 Å². The summed E-state index contributed by atoms with van der Waals surface area (Å²) in [6.45, 7) is 2.50. The molecule has 2 aliphatic rings. The van der Waals surface area contributed by atoms with Crippen LogP contribution < -0.4 is 0 Å². The summed E-state index contributed by atoms with van der Waals surface area (Å²) < 4.78 is 13.5. The Morgan fingerprint density at radius 2 is 1.76 bits per heavy atom. The monoisotopic (exact) mass is 395 g/mol. The zero-order valence-electron chi connectivity index (χ0n) is 16.6. The van der Waals surface area contributed by atoms with Crippen LogP contribution in [0.5, 0.6) is 0 Å². The lowest BCUT2D eigenvalue weighted by molar-refractivity contribution is -0.138. The average molecular weight is 395 g/mol. The Hall–Kier alpha value is -2.73. The molecule has 6 heteroatoms. The number of benzene rings is 2. The van der Waals surface area contributed by atoms with Crippen molar-refractivity contribution in [3.05, 3.63) is 71.5 Å². The number of likely N-dealkylation sites (tertiary alicyclic amines) is 1. The lowest BCUT2D eigenvalue weighted by Gasteiger charge is -2.40. The van der Waals surface area contributed by atoms with Crippen molar-refractivity contribution in [3.63, 3.8) is 0 Å². The number of carbonyl (C=O) groups excluding carboxylic acids is 2. The molecule has 2 atom stereocenters. The number of likely N-dealkylation sites (N-methyl/N-ethyl adjacent to an activating group) is 1. The van der Waals surface area contributed by atoms with E-state index < -0.39 is 0 Å². The van der Waals surface area contributed by atoms with Gasteiger partial charge in [0.05, 0.1) is 5.92 Å². The van der Waals surface area contributed by atoms with Gasteiger partial charge in [-0.15, -0.1) is 0 Å². The van der Waals surface area contributed by atoms with Gasteiger partial charge in [0.15, 0.2) is 0 Å². The van der Waals surface area contributed by atoms with Gasteiger partial charge in [-0.25, -0.2) is 4.39 Å². The van der Waals surface area contributed by atoms with Gasteiger partial charge in [0.2, 0.25) is 11.8 Å². The van der Waals surface area contributed by atoms with Crippen molar-refractivity contribution >= 4 is 11.8 Å². The SMILES string of the molecule is CN1C(=O)CN(Cc2ccccc2)C(=O)[C@H]2CN(Cc3cccc(F)c3)CC[C@H]21. The molecule has 0 N–H and O–H groups in total. The summed E-state index contributed by atoms with van der Waals surface area (Å²) >= 11 is 0. The lowest BCUT2D eigenvalue weighted by atomic mass is 9.90. The van der Waals surface area contributed by atoms with Gasteiger partial charge in [0, 0.05) is 39.3 Å². The highest BCUT2D eigenvalue weighted by Crippen LogP contribution is 2.28. The first-order valence-electron chi connectivity index (χ1n) is 10.1. The molecule has 5 nitrogen and oxygen atoms in total. The summed E-state index contributed by atoms with van der Waals surface area (Å²) in [5.41, 5.74) is 1.91. The zero-order chi connectivity index (χ0) is 20.4. The summed E-state index contributed by atoms with van der Waals surface area (Å²) in [5.74, 6) is -0.499. The number of piperidine rings is 1. The van der Waals surface area contributed by atoms with Crippen LogP contribution in [0.2, 0.25) is 0 Å². The van der Waals surface area contributed by atoms with E-state index in [0.29, 0.717) is 19.6 Å². The van der Waals surface area contributed by atoms with E-state index in [1.54, 1.807) is 21.9 Å². The molecule has 0 aliphatic carbocycles. The topological polar surface area (TPSA) is 43.9 Å². The molecule has 2 aromatic rings. The van der Waals surface area contributed by atoms with Gasteiger partial charge in [-0.3, -0.25) is 14.5 Å². The van der Waals surface area contributed by atoms with Crippen molar-refractivity contribution in [3.8, 4) is 0 Å². The molecule has 0 unspecified atom stereocenters. The van der Waals surface area contributed by atoms with Crippen molar-refractivity contribution in [1.29, 1.82) is 0 Å². The van der Waals surface area contributed by atoms with Crippen molar-refractivity contribution in [2.24, 2.45) is 5.92 Å². The summed E-state index contributed by atoms with van der Waals surface area (Å²) in [4.78, 5) is 31.7. The van der Waals surface area contributed by atoms with Gasteiger partial charge in [-0.2, -0.15) is 0 Å². The van der Waals surface area contributed by atoms with Crippen LogP contribution in [0.1, 0.15) is 17.5 Å². The van der Waals surface area contributed by atoms with E-state index >= 15 is 0 Å². The highest BCUT2D eigenvalue weighted by atomic mass is 19.1. The Kier molecular flexibility index (Phi) is 5.62. The molecular formula is C23H26FN3O2. The minimum absolute atomic E-state index is 0.0136. The van der Waals surface area contributed by atoms with E-state index in [9.17, 15) is 14.0 Å². The van der Waals surface area contributed by atoms with Crippen molar-refractivity contribution in [2.45, 2.75) is 25.6 Å². The molecule has 0 aromatic heterocycles. The normalized spacial score (nSPS) is 23.1. The molecule has 2 aliphatic heterocycles. The molecule has 2 heterocycles. The van der Waals surface area contributed by atoms with Gasteiger partial charge >= 0.3 is 0 Å². The molecule has 0 spiro atoms. The van der Waals surface area contributed by atoms with Gasteiger partial charge in [0.25, 0.3) is 0 Å². The summed E-state index contributed by atoms with van der Waals surface area (Å²) in [6, 6.07) is 16.3. The smallest absolute Gasteiger partial charge is 0.242 e. The molecule has 2 saturated heterocycles. The first kappa shape index (κ1) is 19.6. The minimum atomic E-state index is -0.266. The summed E-state index contributed by atoms with van der Waals surface area (Å²) in [5, 5.41) is 0. The second-order valence-electron chi connectivity index (χ2n) is 8.01.